The number of carboxylic acid groups (broad SMARTS) is 1. The van der Waals surface area contributed by atoms with E-state index in [1.165, 1.54) is 20.3 Å². The predicted molar refractivity (Wildman–Crippen MR) is 101 cm³/mol. The van der Waals surface area contributed by atoms with Gasteiger partial charge in [-0.15, -0.1) is 0 Å². The van der Waals surface area contributed by atoms with Crippen LogP contribution in [0.1, 0.15) is 37.7 Å². The molecule has 28 heavy (non-hydrogen) atoms. The van der Waals surface area contributed by atoms with E-state index in [9.17, 15) is 19.5 Å². The first-order valence-corrected chi connectivity index (χ1v) is 9.01. The van der Waals surface area contributed by atoms with Gasteiger partial charge in [0.15, 0.2) is 0 Å². The van der Waals surface area contributed by atoms with E-state index in [0.717, 1.165) is 5.56 Å². The van der Waals surface area contributed by atoms with Crippen LogP contribution in [0.4, 0.5) is 0 Å². The second kappa shape index (κ2) is 8.91. The molecule has 1 unspecified atom stereocenters. The molecule has 0 aliphatic heterocycles. The molecule has 0 amide bonds. The Morgan fingerprint density at radius 3 is 2.29 bits per heavy atom. The minimum Gasteiger partial charge on any atom is -0.497 e. The fraction of sp³-hybridized carbons (Fsp3) is 0.476. The monoisotopic (exact) mass is 390 g/mol. The van der Waals surface area contributed by atoms with Crippen molar-refractivity contribution >= 4 is 17.9 Å². The third-order valence-corrected chi connectivity index (χ3v) is 5.53. The number of methoxy groups -OCH3 is 3. The molecule has 7 heteroatoms. The second-order valence-electron chi connectivity index (χ2n) is 7.07. The van der Waals surface area contributed by atoms with Gasteiger partial charge in [-0.1, -0.05) is 12.1 Å². The van der Waals surface area contributed by atoms with Crippen LogP contribution >= 0.6 is 0 Å². The van der Waals surface area contributed by atoms with Crippen LogP contribution in [0.25, 0.3) is 0 Å². The minimum atomic E-state index is -1.09. The summed E-state index contributed by atoms with van der Waals surface area (Å²) in [6.45, 7) is 1.69. The molecule has 0 spiro atoms. The molecule has 3 atom stereocenters. The summed E-state index contributed by atoms with van der Waals surface area (Å²) in [6, 6.07) is 7.39. The molecule has 7 nitrogen and oxygen atoms in total. The third-order valence-electron chi connectivity index (χ3n) is 5.53. The number of ether oxygens (including phenoxy) is 3. The van der Waals surface area contributed by atoms with Crippen molar-refractivity contribution in [1.29, 1.82) is 0 Å². The van der Waals surface area contributed by atoms with E-state index in [-0.39, 0.29) is 12.3 Å². The quantitative estimate of drug-likeness (QED) is 0.589. The highest BCUT2D eigenvalue weighted by molar-refractivity contribution is 5.88. The fourth-order valence-electron chi connectivity index (χ4n) is 4.00. The molecular weight excluding hydrogens is 364 g/mol. The van der Waals surface area contributed by atoms with E-state index in [1.54, 1.807) is 14.0 Å². The first-order valence-electron chi connectivity index (χ1n) is 9.01. The van der Waals surface area contributed by atoms with Gasteiger partial charge in [0.25, 0.3) is 0 Å². The molecule has 1 aliphatic rings. The number of carbonyl (C=O) groups is 3. The van der Waals surface area contributed by atoms with E-state index in [4.69, 9.17) is 14.2 Å². The molecule has 0 heterocycles. The van der Waals surface area contributed by atoms with Crippen molar-refractivity contribution in [3.63, 3.8) is 0 Å². The Kier molecular flexibility index (Phi) is 6.83. The average Bonchev–Trinajstić information content (AvgIpc) is 2.69. The molecule has 1 aromatic carbocycles. The molecule has 152 valence electrons. The van der Waals surface area contributed by atoms with Crippen molar-refractivity contribution in [2.45, 2.75) is 32.1 Å². The third kappa shape index (κ3) is 4.35. The highest BCUT2D eigenvalue weighted by Gasteiger charge is 2.48. The Morgan fingerprint density at radius 2 is 1.79 bits per heavy atom. The van der Waals surface area contributed by atoms with Crippen LogP contribution < -0.4 is 4.74 Å². The largest absolute Gasteiger partial charge is 0.497 e. The number of hydrogen-bond donors (Lipinski definition) is 1. The summed E-state index contributed by atoms with van der Waals surface area (Å²) >= 11 is 0. The van der Waals surface area contributed by atoms with E-state index < -0.39 is 29.2 Å². The summed E-state index contributed by atoms with van der Waals surface area (Å²) in [4.78, 5) is 36.2. The minimum absolute atomic E-state index is 0.171. The Balaban J connectivity index is 2.57. The fourth-order valence-corrected chi connectivity index (χ4v) is 4.00. The second-order valence-corrected chi connectivity index (χ2v) is 7.07. The molecule has 0 saturated heterocycles. The Hall–Kier alpha value is -2.83. The van der Waals surface area contributed by atoms with Gasteiger partial charge in [0.2, 0.25) is 0 Å². The maximum absolute atomic E-state index is 12.5. The van der Waals surface area contributed by atoms with E-state index in [1.807, 2.05) is 24.3 Å². The average molecular weight is 390 g/mol. The van der Waals surface area contributed by atoms with E-state index in [2.05, 4.69) is 0 Å². The smallest absolute Gasteiger partial charge is 0.330 e. The lowest BCUT2D eigenvalue weighted by Crippen LogP contribution is -2.41. The summed E-state index contributed by atoms with van der Waals surface area (Å²) in [5.74, 6) is -2.16. The van der Waals surface area contributed by atoms with Crippen molar-refractivity contribution in [2.24, 2.45) is 11.3 Å². The molecule has 1 saturated carbocycles. The van der Waals surface area contributed by atoms with Crippen LogP contribution in [0.5, 0.6) is 5.75 Å². The van der Waals surface area contributed by atoms with Gasteiger partial charge >= 0.3 is 17.9 Å². The first-order chi connectivity index (χ1) is 13.3. The summed E-state index contributed by atoms with van der Waals surface area (Å²) in [5, 5.41) is 9.51. The van der Waals surface area contributed by atoms with Crippen LogP contribution in [0, 0.1) is 11.3 Å². The van der Waals surface area contributed by atoms with Gasteiger partial charge < -0.3 is 19.3 Å². The number of carbonyl (C=O) groups excluding carboxylic acids is 2. The maximum atomic E-state index is 12.5. The van der Waals surface area contributed by atoms with E-state index in [0.29, 0.717) is 24.2 Å². The number of rotatable bonds is 6. The summed E-state index contributed by atoms with van der Waals surface area (Å²) in [6.07, 6.45) is 2.04. The normalized spacial score (nSPS) is 25.8. The van der Waals surface area contributed by atoms with Gasteiger partial charge in [-0.25, -0.2) is 4.79 Å². The van der Waals surface area contributed by atoms with Gasteiger partial charge in [-0.2, -0.15) is 0 Å². The van der Waals surface area contributed by atoms with Crippen LogP contribution in [-0.2, 0) is 23.9 Å². The number of benzene rings is 1. The molecule has 2 rings (SSSR count). The van der Waals surface area contributed by atoms with Gasteiger partial charge in [0, 0.05) is 6.08 Å². The lowest BCUT2D eigenvalue weighted by Gasteiger charge is -2.43. The maximum Gasteiger partial charge on any atom is 0.330 e. The lowest BCUT2D eigenvalue weighted by molar-refractivity contribution is -0.152. The number of esters is 2. The summed E-state index contributed by atoms with van der Waals surface area (Å²) in [5.41, 5.74) is 0.266. The summed E-state index contributed by atoms with van der Waals surface area (Å²) < 4.78 is 14.9. The molecule has 1 fully saturated rings. The molecule has 1 N–H and O–H groups in total. The van der Waals surface area contributed by atoms with Crippen molar-refractivity contribution in [2.75, 3.05) is 21.3 Å². The highest BCUT2D eigenvalue weighted by atomic mass is 16.5. The molecule has 0 radical (unpaired) electrons. The van der Waals surface area contributed by atoms with E-state index >= 15 is 0 Å². The highest BCUT2D eigenvalue weighted by Crippen LogP contribution is 2.52. The van der Waals surface area contributed by atoms with Crippen molar-refractivity contribution in [3.8, 4) is 5.75 Å². The first kappa shape index (κ1) is 21.5. The van der Waals surface area contributed by atoms with Gasteiger partial charge in [-0.05, 0) is 54.9 Å². The Labute approximate surface area is 164 Å². The van der Waals surface area contributed by atoms with Crippen LogP contribution in [0.2, 0.25) is 0 Å². The number of hydrogen-bond acceptors (Lipinski definition) is 6. The number of carboxylic acids is 1. The standard InChI is InChI=1S/C21H26O7/c1-21(20(25)28-4)10-9-15(13-5-7-14(26-2)8-6-13)16(11-18(22)23)17(21)12-19(24)27-3/h5-8,12,15-16H,9-11H2,1-4H3,(H,22,23)/b17-12+/t15-,16?,21+/m0/s1. The molecule has 1 aromatic rings. The van der Waals surface area contributed by atoms with Gasteiger partial charge in [-0.3, -0.25) is 9.59 Å². The van der Waals surface area contributed by atoms with Crippen molar-refractivity contribution in [3.05, 3.63) is 41.5 Å². The predicted octanol–water partition coefficient (Wildman–Crippen LogP) is 2.94. The lowest BCUT2D eigenvalue weighted by atomic mass is 9.60. The topological polar surface area (TPSA) is 99.1 Å². The Morgan fingerprint density at radius 1 is 1.14 bits per heavy atom. The van der Waals surface area contributed by atoms with Crippen LogP contribution in [0.3, 0.4) is 0 Å². The Bertz CT molecular complexity index is 765. The van der Waals surface area contributed by atoms with Gasteiger partial charge in [0.05, 0.1) is 33.2 Å². The van der Waals surface area contributed by atoms with Gasteiger partial charge in [0.1, 0.15) is 5.75 Å². The molecule has 1 aliphatic carbocycles. The number of aliphatic carboxylic acids is 1. The zero-order valence-corrected chi connectivity index (χ0v) is 16.6. The molecule has 0 bridgehead atoms. The molecule has 0 aromatic heterocycles. The van der Waals surface area contributed by atoms with Crippen LogP contribution in [-0.4, -0.2) is 44.3 Å². The van der Waals surface area contributed by atoms with Crippen molar-refractivity contribution in [1.82, 2.24) is 0 Å². The zero-order chi connectivity index (χ0) is 20.9. The molecular formula is C21H26O7. The zero-order valence-electron chi connectivity index (χ0n) is 16.6. The SMILES string of the molecule is COC(=O)/C=C1\C(CC(=O)O)[C@H](c2ccc(OC)cc2)CC[C@@]1(C)C(=O)OC. The van der Waals surface area contributed by atoms with Crippen molar-refractivity contribution < 1.29 is 33.7 Å². The van der Waals surface area contributed by atoms with Crippen LogP contribution in [0.15, 0.2) is 35.9 Å². The summed E-state index contributed by atoms with van der Waals surface area (Å²) in [7, 11) is 4.10.